The molecule has 2 N–H and O–H groups in total. The molecule has 0 radical (unpaired) electrons. The summed E-state index contributed by atoms with van der Waals surface area (Å²) < 4.78 is 27.6. The summed E-state index contributed by atoms with van der Waals surface area (Å²) in [6, 6.07) is 6.48. The van der Waals surface area contributed by atoms with Crippen LogP contribution in [0.1, 0.15) is 57.6 Å². The van der Waals surface area contributed by atoms with Gasteiger partial charge in [-0.05, 0) is 49.8 Å². The van der Waals surface area contributed by atoms with Crippen LogP contribution < -0.4 is 4.72 Å². The van der Waals surface area contributed by atoms with E-state index in [-0.39, 0.29) is 10.9 Å². The number of sulfonamides is 1. The van der Waals surface area contributed by atoms with Crippen molar-refractivity contribution in [2.45, 2.75) is 63.0 Å². The second kappa shape index (κ2) is 6.90. The van der Waals surface area contributed by atoms with Crippen LogP contribution in [0.25, 0.3) is 0 Å². The highest BCUT2D eigenvalue weighted by Crippen LogP contribution is 2.24. The third-order valence-corrected chi connectivity index (χ3v) is 5.79. The fourth-order valence-corrected chi connectivity index (χ4v) is 4.12. The second-order valence-corrected chi connectivity index (χ2v) is 7.89. The van der Waals surface area contributed by atoms with E-state index in [4.69, 9.17) is 0 Å². The molecule has 0 aromatic heterocycles. The molecule has 5 heteroatoms. The van der Waals surface area contributed by atoms with E-state index in [9.17, 15) is 13.5 Å². The molecular weight excluding hydrogens is 286 g/mol. The zero-order chi connectivity index (χ0) is 15.5. The number of aliphatic hydroxyl groups excluding tert-OH is 1. The zero-order valence-corrected chi connectivity index (χ0v) is 13.6. The molecule has 0 amide bonds. The van der Waals surface area contributed by atoms with Crippen LogP contribution in [0.2, 0.25) is 0 Å². The molecule has 1 aromatic rings. The molecule has 1 fully saturated rings. The molecule has 1 saturated carbocycles. The maximum atomic E-state index is 12.4. The van der Waals surface area contributed by atoms with Gasteiger partial charge in [-0.3, -0.25) is 0 Å². The first kappa shape index (κ1) is 16.5. The monoisotopic (exact) mass is 311 g/mol. The predicted octanol–water partition coefficient (Wildman–Crippen LogP) is 2.99. The van der Waals surface area contributed by atoms with Crippen molar-refractivity contribution in [3.8, 4) is 0 Å². The van der Waals surface area contributed by atoms with Gasteiger partial charge in [0.15, 0.2) is 0 Å². The fourth-order valence-electron chi connectivity index (χ4n) is 2.82. The normalized spacial score (nSPS) is 25.3. The topological polar surface area (TPSA) is 66.4 Å². The SMILES string of the molecule is CC1CCCC(NS(=O)(=O)c2ccc(C(C)O)cc2)CC1. The van der Waals surface area contributed by atoms with E-state index in [0.717, 1.165) is 31.2 Å². The minimum absolute atomic E-state index is 0.0383. The lowest BCUT2D eigenvalue weighted by molar-refractivity contribution is 0.199. The molecule has 118 valence electrons. The highest BCUT2D eigenvalue weighted by Gasteiger charge is 2.22. The van der Waals surface area contributed by atoms with E-state index in [1.165, 1.54) is 6.42 Å². The van der Waals surface area contributed by atoms with Gasteiger partial charge < -0.3 is 5.11 Å². The molecule has 0 saturated heterocycles. The van der Waals surface area contributed by atoms with Crippen LogP contribution in [0.3, 0.4) is 0 Å². The minimum atomic E-state index is -3.47. The van der Waals surface area contributed by atoms with Crippen LogP contribution in [0.15, 0.2) is 29.2 Å². The number of nitrogens with one attached hydrogen (secondary N) is 1. The molecule has 0 aliphatic heterocycles. The van der Waals surface area contributed by atoms with Crippen LogP contribution in [-0.2, 0) is 10.0 Å². The van der Waals surface area contributed by atoms with Gasteiger partial charge in [0.25, 0.3) is 0 Å². The van der Waals surface area contributed by atoms with E-state index in [1.54, 1.807) is 31.2 Å². The summed E-state index contributed by atoms with van der Waals surface area (Å²) in [4.78, 5) is 0.268. The van der Waals surface area contributed by atoms with E-state index >= 15 is 0 Å². The van der Waals surface area contributed by atoms with E-state index < -0.39 is 16.1 Å². The van der Waals surface area contributed by atoms with E-state index in [0.29, 0.717) is 5.92 Å². The summed E-state index contributed by atoms with van der Waals surface area (Å²) >= 11 is 0. The van der Waals surface area contributed by atoms with Gasteiger partial charge in [0.05, 0.1) is 11.0 Å². The second-order valence-electron chi connectivity index (χ2n) is 6.18. The van der Waals surface area contributed by atoms with Crippen molar-refractivity contribution in [1.29, 1.82) is 0 Å². The first-order valence-corrected chi connectivity index (χ1v) is 9.17. The van der Waals surface area contributed by atoms with Crippen LogP contribution in [-0.4, -0.2) is 19.6 Å². The Hall–Kier alpha value is -0.910. The van der Waals surface area contributed by atoms with Crippen molar-refractivity contribution in [1.82, 2.24) is 4.72 Å². The number of rotatable bonds is 4. The van der Waals surface area contributed by atoms with Crippen LogP contribution in [0.4, 0.5) is 0 Å². The quantitative estimate of drug-likeness (QED) is 0.840. The molecule has 4 nitrogen and oxygen atoms in total. The van der Waals surface area contributed by atoms with Gasteiger partial charge >= 0.3 is 0 Å². The number of benzene rings is 1. The molecule has 0 heterocycles. The average Bonchev–Trinajstić information content (AvgIpc) is 2.63. The molecular formula is C16H25NO3S. The van der Waals surface area contributed by atoms with Gasteiger partial charge in [-0.2, -0.15) is 0 Å². The maximum absolute atomic E-state index is 12.4. The molecule has 1 aliphatic carbocycles. The molecule has 1 aliphatic rings. The average molecular weight is 311 g/mol. The highest BCUT2D eigenvalue weighted by molar-refractivity contribution is 7.89. The smallest absolute Gasteiger partial charge is 0.240 e. The molecule has 3 atom stereocenters. The van der Waals surface area contributed by atoms with Crippen LogP contribution in [0.5, 0.6) is 0 Å². The third kappa shape index (κ3) is 4.53. The van der Waals surface area contributed by atoms with Crippen LogP contribution in [0, 0.1) is 5.92 Å². The molecule has 3 unspecified atom stereocenters. The van der Waals surface area contributed by atoms with Crippen molar-refractivity contribution in [2.24, 2.45) is 5.92 Å². The Morgan fingerprint density at radius 2 is 1.81 bits per heavy atom. The van der Waals surface area contributed by atoms with Crippen LogP contribution >= 0.6 is 0 Å². The first-order valence-electron chi connectivity index (χ1n) is 7.69. The highest BCUT2D eigenvalue weighted by atomic mass is 32.2. The molecule has 21 heavy (non-hydrogen) atoms. The van der Waals surface area contributed by atoms with Gasteiger partial charge in [0.1, 0.15) is 0 Å². The van der Waals surface area contributed by atoms with Gasteiger partial charge in [0, 0.05) is 6.04 Å². The Kier molecular flexibility index (Phi) is 5.41. The van der Waals surface area contributed by atoms with Crippen molar-refractivity contribution in [3.63, 3.8) is 0 Å². The van der Waals surface area contributed by atoms with E-state index in [1.807, 2.05) is 0 Å². The number of hydrogen-bond donors (Lipinski definition) is 2. The summed E-state index contributed by atoms with van der Waals surface area (Å²) in [5.74, 6) is 0.685. The lowest BCUT2D eigenvalue weighted by Crippen LogP contribution is -2.34. The lowest BCUT2D eigenvalue weighted by atomic mass is 10.0. The summed E-state index contributed by atoms with van der Waals surface area (Å²) in [6.45, 7) is 3.89. The fraction of sp³-hybridized carbons (Fsp3) is 0.625. The van der Waals surface area contributed by atoms with Crippen molar-refractivity contribution >= 4 is 10.0 Å². The summed E-state index contributed by atoms with van der Waals surface area (Å²) in [5, 5.41) is 9.47. The minimum Gasteiger partial charge on any atom is -0.389 e. The third-order valence-electron chi connectivity index (χ3n) is 4.25. The van der Waals surface area contributed by atoms with Gasteiger partial charge in [-0.25, -0.2) is 13.1 Å². The first-order chi connectivity index (χ1) is 9.88. The van der Waals surface area contributed by atoms with E-state index in [2.05, 4.69) is 11.6 Å². The van der Waals surface area contributed by atoms with Gasteiger partial charge in [0.2, 0.25) is 10.0 Å². The summed E-state index contributed by atoms with van der Waals surface area (Å²) in [7, 11) is -3.47. The Labute approximate surface area is 127 Å². The van der Waals surface area contributed by atoms with Crippen molar-refractivity contribution in [2.75, 3.05) is 0 Å². The molecule has 0 spiro atoms. The lowest BCUT2D eigenvalue weighted by Gasteiger charge is -2.17. The Morgan fingerprint density at radius 1 is 1.14 bits per heavy atom. The number of hydrogen-bond acceptors (Lipinski definition) is 3. The Morgan fingerprint density at radius 3 is 2.43 bits per heavy atom. The van der Waals surface area contributed by atoms with Gasteiger partial charge in [-0.15, -0.1) is 0 Å². The predicted molar refractivity (Wildman–Crippen MR) is 83.4 cm³/mol. The standard InChI is InChI=1S/C16H25NO3S/c1-12-4-3-5-15(9-6-12)17-21(19,20)16-10-7-14(8-11-16)13(2)18/h7-8,10-13,15,17-18H,3-6,9H2,1-2H3. The maximum Gasteiger partial charge on any atom is 0.240 e. The zero-order valence-electron chi connectivity index (χ0n) is 12.7. The Balaban J connectivity index is 2.07. The molecule has 0 bridgehead atoms. The van der Waals surface area contributed by atoms with Crippen molar-refractivity contribution in [3.05, 3.63) is 29.8 Å². The largest absolute Gasteiger partial charge is 0.389 e. The van der Waals surface area contributed by atoms with Gasteiger partial charge in [-0.1, -0.05) is 31.9 Å². The molecule has 2 rings (SSSR count). The summed E-state index contributed by atoms with van der Waals surface area (Å²) in [6.07, 6.45) is 4.57. The Bertz CT molecular complexity index is 551. The summed E-state index contributed by atoms with van der Waals surface area (Å²) in [5.41, 5.74) is 0.720. The number of aliphatic hydroxyl groups is 1. The molecule has 1 aromatic carbocycles. The van der Waals surface area contributed by atoms with Crippen molar-refractivity contribution < 1.29 is 13.5 Å².